The second-order valence-electron chi connectivity index (χ2n) is 6.71. The molecular weight excluding hydrogens is 454 g/mol. The molecule has 0 radical (unpaired) electrons. The molecule has 30 heavy (non-hydrogen) atoms. The first-order chi connectivity index (χ1) is 14.1. The van der Waals surface area contributed by atoms with Gasteiger partial charge >= 0.3 is 11.7 Å². The van der Waals surface area contributed by atoms with Crippen LogP contribution in [0.5, 0.6) is 5.88 Å². The van der Waals surface area contributed by atoms with Crippen molar-refractivity contribution in [1.29, 1.82) is 0 Å². The smallest absolute Gasteiger partial charge is 0.335 e. The molecule has 0 bridgehead atoms. The molecule has 0 fully saturated rings. The number of H-pyrrole nitrogens is 1. The van der Waals surface area contributed by atoms with Crippen LogP contribution in [-0.2, 0) is 0 Å². The number of benzene rings is 2. The fourth-order valence-electron chi connectivity index (χ4n) is 2.91. The van der Waals surface area contributed by atoms with Crippen LogP contribution in [0.3, 0.4) is 0 Å². The zero-order chi connectivity index (χ0) is 22.2. The van der Waals surface area contributed by atoms with Crippen LogP contribution in [0.15, 0.2) is 49.4 Å². The van der Waals surface area contributed by atoms with Gasteiger partial charge < -0.3 is 10.2 Å². The Hall–Kier alpha value is -3.46. The van der Waals surface area contributed by atoms with Gasteiger partial charge in [-0.2, -0.15) is 0 Å². The third-order valence-corrected chi connectivity index (χ3v) is 5.70. The van der Waals surface area contributed by atoms with Crippen LogP contribution in [-0.4, -0.2) is 31.9 Å². The zero-order valence-electron chi connectivity index (χ0n) is 16.4. The third kappa shape index (κ3) is 3.84. The molecule has 1 heterocycles. The molecule has 3 N–H and O–H groups in total. The van der Waals surface area contributed by atoms with E-state index < -0.39 is 23.1 Å². The van der Waals surface area contributed by atoms with Gasteiger partial charge in [-0.25, -0.2) is 14.2 Å². The number of aromatic nitrogens is 2. The number of aliphatic imine (C=N–C) groups is 1. The molecule has 9 heteroatoms. The standard InChI is InChI=1S/C21H18BrN3O5/c1-10-4-5-13(20(28)29)8-16(10)23-9-14-18(26)24-21(30)25(19(14)27)17-7-6-15(22)11(2)12(17)3/h4-9,27H,1-3H3,(H,28,29)(H,24,26,30). The van der Waals surface area contributed by atoms with Crippen LogP contribution in [0.1, 0.15) is 32.6 Å². The van der Waals surface area contributed by atoms with Crippen molar-refractivity contribution in [1.82, 2.24) is 9.55 Å². The summed E-state index contributed by atoms with van der Waals surface area (Å²) in [6.45, 7) is 5.38. The van der Waals surface area contributed by atoms with E-state index in [1.807, 2.05) is 6.92 Å². The van der Waals surface area contributed by atoms with Crippen molar-refractivity contribution in [3.8, 4) is 11.6 Å². The number of carboxylic acid groups (broad SMARTS) is 1. The summed E-state index contributed by atoms with van der Waals surface area (Å²) < 4.78 is 1.84. The summed E-state index contributed by atoms with van der Waals surface area (Å²) in [6, 6.07) is 7.78. The lowest BCUT2D eigenvalue weighted by atomic mass is 10.1. The number of hydrogen-bond acceptors (Lipinski definition) is 5. The maximum Gasteiger partial charge on any atom is 0.335 e. The summed E-state index contributed by atoms with van der Waals surface area (Å²) in [7, 11) is 0. The molecule has 1 aromatic heterocycles. The molecule has 0 aliphatic heterocycles. The van der Waals surface area contributed by atoms with Gasteiger partial charge in [-0.1, -0.05) is 22.0 Å². The van der Waals surface area contributed by atoms with Gasteiger partial charge in [-0.3, -0.25) is 14.8 Å². The number of rotatable bonds is 4. The number of nitrogens with zero attached hydrogens (tertiary/aromatic N) is 2. The number of carbonyl (C=O) groups is 1. The maximum absolute atomic E-state index is 12.4. The second-order valence-corrected chi connectivity index (χ2v) is 7.57. The van der Waals surface area contributed by atoms with Gasteiger partial charge in [0, 0.05) is 10.7 Å². The fourth-order valence-corrected chi connectivity index (χ4v) is 3.34. The molecule has 0 atom stereocenters. The molecule has 0 saturated heterocycles. The van der Waals surface area contributed by atoms with Crippen LogP contribution in [0.25, 0.3) is 5.69 Å². The highest BCUT2D eigenvalue weighted by atomic mass is 79.9. The van der Waals surface area contributed by atoms with Gasteiger partial charge in [0.1, 0.15) is 5.56 Å². The number of nitrogens with one attached hydrogen (secondary N) is 1. The SMILES string of the molecule is Cc1ccc(C(=O)O)cc1N=Cc1c(O)n(-c2ccc(Br)c(C)c2C)c(=O)[nH]c1=O. The van der Waals surface area contributed by atoms with Crippen molar-refractivity contribution >= 4 is 33.8 Å². The molecular formula is C21H18BrN3O5. The summed E-state index contributed by atoms with van der Waals surface area (Å²) in [4.78, 5) is 42.3. The van der Waals surface area contributed by atoms with Crippen LogP contribution < -0.4 is 11.2 Å². The van der Waals surface area contributed by atoms with Gasteiger partial charge in [0.2, 0.25) is 5.88 Å². The number of aromatic carboxylic acids is 1. The summed E-state index contributed by atoms with van der Waals surface area (Å²) >= 11 is 3.42. The van der Waals surface area contributed by atoms with Crippen molar-refractivity contribution in [2.75, 3.05) is 0 Å². The molecule has 0 amide bonds. The largest absolute Gasteiger partial charge is 0.493 e. The van der Waals surface area contributed by atoms with Gasteiger partial charge in [0.25, 0.3) is 5.56 Å². The average molecular weight is 472 g/mol. The molecule has 0 unspecified atom stereocenters. The third-order valence-electron chi connectivity index (χ3n) is 4.84. The summed E-state index contributed by atoms with van der Waals surface area (Å²) in [6.07, 6.45) is 1.11. The van der Waals surface area contributed by atoms with Gasteiger partial charge in [-0.05, 0) is 61.7 Å². The molecule has 3 aromatic rings. The Kier molecular flexibility index (Phi) is 5.75. The van der Waals surface area contributed by atoms with Crippen LogP contribution in [0, 0.1) is 20.8 Å². The quantitative estimate of drug-likeness (QED) is 0.503. The molecule has 2 aromatic carbocycles. The lowest BCUT2D eigenvalue weighted by Gasteiger charge is -2.14. The Morgan fingerprint density at radius 3 is 2.50 bits per heavy atom. The second kappa shape index (κ2) is 8.11. The molecule has 3 rings (SSSR count). The minimum atomic E-state index is -1.11. The number of aryl methyl sites for hydroxylation is 1. The Bertz CT molecular complexity index is 1320. The van der Waals surface area contributed by atoms with Crippen molar-refractivity contribution in [3.63, 3.8) is 0 Å². The molecule has 8 nitrogen and oxygen atoms in total. The van der Waals surface area contributed by atoms with Crippen molar-refractivity contribution in [2.24, 2.45) is 4.99 Å². The summed E-state index contributed by atoms with van der Waals surface area (Å²) in [5.41, 5.74) is 1.24. The summed E-state index contributed by atoms with van der Waals surface area (Å²) in [5.74, 6) is -1.67. The maximum atomic E-state index is 12.4. The van der Waals surface area contributed by atoms with Gasteiger partial charge in [0.15, 0.2) is 0 Å². The highest BCUT2D eigenvalue weighted by Gasteiger charge is 2.17. The fraction of sp³-hybridized carbons (Fsp3) is 0.143. The minimum Gasteiger partial charge on any atom is -0.493 e. The van der Waals surface area contributed by atoms with E-state index in [0.29, 0.717) is 16.9 Å². The van der Waals surface area contributed by atoms with Crippen molar-refractivity contribution < 1.29 is 15.0 Å². The molecule has 0 aliphatic rings. The van der Waals surface area contributed by atoms with E-state index in [0.717, 1.165) is 26.4 Å². The van der Waals surface area contributed by atoms with Crippen LogP contribution in [0.4, 0.5) is 5.69 Å². The minimum absolute atomic E-state index is 0.0387. The van der Waals surface area contributed by atoms with E-state index in [1.165, 1.54) is 12.1 Å². The van der Waals surface area contributed by atoms with E-state index in [1.54, 1.807) is 32.0 Å². The summed E-state index contributed by atoms with van der Waals surface area (Å²) in [5, 5.41) is 19.9. The van der Waals surface area contributed by atoms with E-state index in [-0.39, 0.29) is 11.1 Å². The first kappa shape index (κ1) is 21.3. The predicted octanol–water partition coefficient (Wildman–Crippen LogP) is 3.37. The van der Waals surface area contributed by atoms with Crippen molar-refractivity contribution in [3.05, 3.63) is 83.5 Å². The number of hydrogen-bond donors (Lipinski definition) is 3. The first-order valence-electron chi connectivity index (χ1n) is 8.84. The molecule has 0 aliphatic carbocycles. The molecule has 154 valence electrons. The molecule has 0 saturated carbocycles. The van der Waals surface area contributed by atoms with Gasteiger partial charge in [0.05, 0.1) is 16.9 Å². The van der Waals surface area contributed by atoms with E-state index in [9.17, 15) is 19.5 Å². The zero-order valence-corrected chi connectivity index (χ0v) is 17.9. The average Bonchev–Trinajstić information content (AvgIpc) is 2.68. The topological polar surface area (TPSA) is 125 Å². The lowest BCUT2D eigenvalue weighted by Crippen LogP contribution is -2.31. The Morgan fingerprint density at radius 2 is 1.83 bits per heavy atom. The predicted molar refractivity (Wildman–Crippen MR) is 117 cm³/mol. The molecule has 0 spiro atoms. The number of halogens is 1. The number of aromatic hydroxyl groups is 1. The van der Waals surface area contributed by atoms with E-state index >= 15 is 0 Å². The van der Waals surface area contributed by atoms with Gasteiger partial charge in [-0.15, -0.1) is 0 Å². The van der Waals surface area contributed by atoms with E-state index in [2.05, 4.69) is 25.9 Å². The number of aromatic amines is 1. The van der Waals surface area contributed by atoms with Crippen LogP contribution in [0.2, 0.25) is 0 Å². The Labute approximate surface area is 179 Å². The van der Waals surface area contributed by atoms with Crippen molar-refractivity contribution in [2.45, 2.75) is 20.8 Å². The highest BCUT2D eigenvalue weighted by Crippen LogP contribution is 2.27. The first-order valence-corrected chi connectivity index (χ1v) is 9.63. The Balaban J connectivity index is 2.18. The van der Waals surface area contributed by atoms with Crippen LogP contribution >= 0.6 is 15.9 Å². The highest BCUT2D eigenvalue weighted by molar-refractivity contribution is 9.10. The van der Waals surface area contributed by atoms with E-state index in [4.69, 9.17) is 5.11 Å². The lowest BCUT2D eigenvalue weighted by molar-refractivity contribution is 0.0697. The monoisotopic (exact) mass is 471 g/mol. The Morgan fingerprint density at radius 1 is 1.13 bits per heavy atom. The number of carboxylic acids is 1. The normalized spacial score (nSPS) is 11.2.